The van der Waals surface area contributed by atoms with Crippen LogP contribution in [-0.4, -0.2) is 43.1 Å². The molecule has 2 aromatic heterocycles. The monoisotopic (exact) mass is 405 g/mol. The molecule has 0 unspecified atom stereocenters. The number of nitrogens with one attached hydrogen (secondary N) is 2. The van der Waals surface area contributed by atoms with Gasteiger partial charge in [0.05, 0.1) is 17.1 Å². The number of hydrogen-bond acceptors (Lipinski definition) is 5. The molecule has 0 aliphatic carbocycles. The molecule has 3 rings (SSSR count). The van der Waals surface area contributed by atoms with Crippen molar-refractivity contribution in [2.75, 3.05) is 19.3 Å². The highest BCUT2D eigenvalue weighted by Crippen LogP contribution is 2.12. The first-order valence-electron chi connectivity index (χ1n) is 8.68. The zero-order valence-corrected chi connectivity index (χ0v) is 17.0. The summed E-state index contributed by atoms with van der Waals surface area (Å²) in [7, 11) is -3.15. The van der Waals surface area contributed by atoms with Crippen molar-refractivity contribution < 1.29 is 8.42 Å². The molecule has 0 spiro atoms. The number of hydrogen-bond donors (Lipinski definition) is 2. The van der Waals surface area contributed by atoms with Crippen LogP contribution < -0.4 is 10.6 Å². The third kappa shape index (κ3) is 5.30. The van der Waals surface area contributed by atoms with Crippen LogP contribution in [0, 0.1) is 0 Å². The molecule has 0 bridgehead atoms. The lowest BCUT2D eigenvalue weighted by atomic mass is 10.1. The van der Waals surface area contributed by atoms with E-state index < -0.39 is 9.84 Å². The largest absolute Gasteiger partial charge is 0.357 e. The van der Waals surface area contributed by atoms with Crippen LogP contribution in [0.4, 0.5) is 0 Å². The molecule has 27 heavy (non-hydrogen) atoms. The fraction of sp³-hybridized carbons (Fsp3) is 0.333. The summed E-state index contributed by atoms with van der Waals surface area (Å²) in [4.78, 5) is 10.4. The summed E-state index contributed by atoms with van der Waals surface area (Å²) in [6, 6.07) is 6.99. The van der Waals surface area contributed by atoms with Crippen LogP contribution in [0.15, 0.2) is 51.9 Å². The van der Waals surface area contributed by atoms with Gasteiger partial charge in [-0.15, -0.1) is 11.3 Å². The number of nitrogens with zero attached hydrogens (tertiary/aromatic N) is 3. The van der Waals surface area contributed by atoms with E-state index in [1.807, 2.05) is 41.2 Å². The average molecular weight is 406 g/mol. The highest BCUT2D eigenvalue weighted by atomic mass is 32.2. The molecular weight excluding hydrogens is 382 g/mol. The molecule has 7 nitrogen and oxygen atoms in total. The molecule has 144 valence electrons. The Morgan fingerprint density at radius 3 is 2.70 bits per heavy atom. The molecule has 2 heterocycles. The maximum atomic E-state index is 11.5. The topological polar surface area (TPSA) is 87.9 Å². The Kier molecular flexibility index (Phi) is 6.12. The Hall–Kier alpha value is -2.39. The van der Waals surface area contributed by atoms with Crippen LogP contribution in [0.25, 0.3) is 4.96 Å². The van der Waals surface area contributed by atoms with Crippen molar-refractivity contribution in [3.8, 4) is 0 Å². The van der Waals surface area contributed by atoms with Gasteiger partial charge in [-0.2, -0.15) is 0 Å². The Balaban J connectivity index is 1.55. The minimum atomic E-state index is -3.15. The molecule has 3 aromatic rings. The first-order chi connectivity index (χ1) is 13.0. The van der Waals surface area contributed by atoms with Gasteiger partial charge in [-0.3, -0.25) is 4.40 Å². The fourth-order valence-electron chi connectivity index (χ4n) is 2.58. The zero-order valence-electron chi connectivity index (χ0n) is 15.3. The van der Waals surface area contributed by atoms with E-state index in [1.165, 1.54) is 6.26 Å². The number of aromatic nitrogens is 2. The molecule has 9 heteroatoms. The van der Waals surface area contributed by atoms with Gasteiger partial charge in [0, 0.05) is 37.1 Å². The molecule has 0 radical (unpaired) electrons. The van der Waals surface area contributed by atoms with E-state index >= 15 is 0 Å². The van der Waals surface area contributed by atoms with Gasteiger partial charge < -0.3 is 10.6 Å². The minimum absolute atomic E-state index is 0.342. The lowest BCUT2D eigenvalue weighted by Gasteiger charge is -2.11. The van der Waals surface area contributed by atoms with Crippen molar-refractivity contribution in [3.05, 3.63) is 53.3 Å². The van der Waals surface area contributed by atoms with E-state index in [2.05, 4.69) is 20.6 Å². The van der Waals surface area contributed by atoms with E-state index in [0.29, 0.717) is 18.0 Å². The van der Waals surface area contributed by atoms with Gasteiger partial charge in [-0.1, -0.05) is 12.1 Å². The van der Waals surface area contributed by atoms with E-state index in [0.717, 1.165) is 35.1 Å². The van der Waals surface area contributed by atoms with Crippen molar-refractivity contribution in [2.45, 2.75) is 24.8 Å². The molecule has 0 atom stereocenters. The normalized spacial score (nSPS) is 12.4. The molecule has 1 aromatic carbocycles. The predicted molar refractivity (Wildman–Crippen MR) is 109 cm³/mol. The second-order valence-corrected chi connectivity index (χ2v) is 9.00. The number of thiazole rings is 1. The molecule has 2 N–H and O–H groups in total. The third-order valence-electron chi connectivity index (χ3n) is 3.94. The Morgan fingerprint density at radius 2 is 2.04 bits per heavy atom. The Bertz CT molecular complexity index is 991. The summed E-state index contributed by atoms with van der Waals surface area (Å²) in [6.45, 7) is 4.00. The van der Waals surface area contributed by atoms with Gasteiger partial charge in [0.15, 0.2) is 20.8 Å². The minimum Gasteiger partial charge on any atom is -0.357 e. The number of fused-ring (bicyclic) bond motifs is 1. The number of benzene rings is 1. The molecular formula is C18H23N5O2S2. The van der Waals surface area contributed by atoms with Gasteiger partial charge in [-0.25, -0.2) is 18.4 Å². The maximum absolute atomic E-state index is 11.5. The van der Waals surface area contributed by atoms with Crippen molar-refractivity contribution in [2.24, 2.45) is 4.99 Å². The van der Waals surface area contributed by atoms with Crippen LogP contribution in [0.2, 0.25) is 0 Å². The maximum Gasteiger partial charge on any atom is 0.193 e. The Labute approximate surface area is 163 Å². The Morgan fingerprint density at radius 1 is 1.26 bits per heavy atom. The lowest BCUT2D eigenvalue weighted by Crippen LogP contribution is -2.38. The number of guanidine groups is 1. The fourth-order valence-corrected chi connectivity index (χ4v) is 3.93. The van der Waals surface area contributed by atoms with Gasteiger partial charge >= 0.3 is 0 Å². The van der Waals surface area contributed by atoms with Gasteiger partial charge in [0.2, 0.25) is 0 Å². The SMILES string of the molecule is CCNC(=NCc1cn2ccsc2n1)NCCc1ccc(S(C)(=O)=O)cc1. The summed E-state index contributed by atoms with van der Waals surface area (Å²) < 4.78 is 25.0. The number of rotatable bonds is 7. The molecule has 0 aliphatic rings. The molecule has 0 saturated carbocycles. The standard InChI is InChI=1S/C18H23N5O2S2/c1-3-19-17(21-12-15-13-23-10-11-26-18(23)22-15)20-9-8-14-4-6-16(7-5-14)27(2,24)25/h4-7,10-11,13H,3,8-9,12H2,1-2H3,(H2,19,20,21). The molecule has 0 amide bonds. The van der Waals surface area contributed by atoms with Crippen LogP contribution in [0.5, 0.6) is 0 Å². The molecule has 0 fully saturated rings. The van der Waals surface area contributed by atoms with Crippen molar-refractivity contribution in [1.29, 1.82) is 0 Å². The summed E-state index contributed by atoms with van der Waals surface area (Å²) in [6.07, 6.45) is 5.96. The van der Waals surface area contributed by atoms with Crippen molar-refractivity contribution in [3.63, 3.8) is 0 Å². The molecule has 0 aliphatic heterocycles. The van der Waals surface area contributed by atoms with Crippen molar-refractivity contribution >= 4 is 32.1 Å². The summed E-state index contributed by atoms with van der Waals surface area (Å²) >= 11 is 1.60. The van der Waals surface area contributed by atoms with E-state index in [4.69, 9.17) is 0 Å². The summed E-state index contributed by atoms with van der Waals surface area (Å²) in [5, 5.41) is 8.53. The second-order valence-electron chi connectivity index (χ2n) is 6.11. The predicted octanol–water partition coefficient (Wildman–Crippen LogP) is 2.10. The van der Waals surface area contributed by atoms with Gasteiger partial charge in [0.1, 0.15) is 0 Å². The van der Waals surface area contributed by atoms with Crippen LogP contribution in [-0.2, 0) is 22.8 Å². The summed E-state index contributed by atoms with van der Waals surface area (Å²) in [5.74, 6) is 0.738. The number of aliphatic imine (C=N–C) groups is 1. The molecule has 0 saturated heterocycles. The summed E-state index contributed by atoms with van der Waals surface area (Å²) in [5.41, 5.74) is 2.00. The van der Waals surface area contributed by atoms with Gasteiger partial charge in [0.25, 0.3) is 0 Å². The zero-order chi connectivity index (χ0) is 19.3. The van der Waals surface area contributed by atoms with Crippen LogP contribution in [0.3, 0.4) is 0 Å². The average Bonchev–Trinajstić information content (AvgIpc) is 3.21. The van der Waals surface area contributed by atoms with Crippen LogP contribution in [0.1, 0.15) is 18.2 Å². The van der Waals surface area contributed by atoms with E-state index in [-0.39, 0.29) is 0 Å². The van der Waals surface area contributed by atoms with Gasteiger partial charge in [-0.05, 0) is 31.0 Å². The number of imidazole rings is 1. The lowest BCUT2D eigenvalue weighted by molar-refractivity contribution is 0.602. The van der Waals surface area contributed by atoms with Crippen LogP contribution >= 0.6 is 11.3 Å². The van der Waals surface area contributed by atoms with Crippen molar-refractivity contribution in [1.82, 2.24) is 20.0 Å². The second kappa shape index (κ2) is 8.53. The first-order valence-corrected chi connectivity index (χ1v) is 11.4. The highest BCUT2D eigenvalue weighted by Gasteiger charge is 2.06. The first kappa shape index (κ1) is 19.4. The third-order valence-corrected chi connectivity index (χ3v) is 5.84. The number of sulfone groups is 1. The highest BCUT2D eigenvalue weighted by molar-refractivity contribution is 7.90. The quantitative estimate of drug-likeness (QED) is 0.464. The van der Waals surface area contributed by atoms with E-state index in [9.17, 15) is 8.42 Å². The smallest absolute Gasteiger partial charge is 0.193 e. The van der Waals surface area contributed by atoms with E-state index in [1.54, 1.807) is 23.5 Å².